The van der Waals surface area contributed by atoms with Gasteiger partial charge in [-0.2, -0.15) is 0 Å². The maximum atomic E-state index is 6.31. The van der Waals surface area contributed by atoms with Crippen molar-refractivity contribution in [2.45, 2.75) is 44.4 Å². The van der Waals surface area contributed by atoms with E-state index in [1.54, 1.807) is 0 Å². The first kappa shape index (κ1) is 40.0. The Balaban J connectivity index is 0.900. The van der Waals surface area contributed by atoms with E-state index in [0.717, 1.165) is 38.9 Å². The van der Waals surface area contributed by atoms with Crippen molar-refractivity contribution in [2.75, 3.05) is 4.90 Å². The molecule has 2 unspecified atom stereocenters. The van der Waals surface area contributed by atoms with Crippen LogP contribution in [0.5, 0.6) is 0 Å². The number of hydrogen-bond donors (Lipinski definition) is 0. The zero-order valence-electron chi connectivity index (χ0n) is 39.2. The predicted octanol–water partition coefficient (Wildman–Crippen LogP) is 17.6. The number of nitrogens with zero attached hydrogens (tertiary/aromatic N) is 2. The van der Waals surface area contributed by atoms with Gasteiger partial charge in [0, 0.05) is 55.6 Å². The van der Waals surface area contributed by atoms with E-state index in [2.05, 4.69) is 250 Å². The molecule has 2 atom stereocenters. The second-order valence-electron chi connectivity index (χ2n) is 20.5. The fourth-order valence-electron chi connectivity index (χ4n) is 12.7. The standard InChI is InChI=1S/C66H50N2O/c1-65(2)55-23-12-9-19-49(55)64-56(65)24-15-25-59(64)67(46-35-30-42(31-36-46)47-21-14-27-62-63(47)50-20-10-13-26-61(50)69-62)45-33-28-41(29-34-45)43-32-37-58-52(38-43)53-39-51-48-18-8-11-22-54(48)66(3,4)57(51)40-60(53)68(58)44-16-6-5-7-17-44/h5-40,56,64H,1-4H3. The number of para-hydroxylation sites is 2. The molecule has 330 valence electrons. The minimum Gasteiger partial charge on any atom is -0.456 e. The highest BCUT2D eigenvalue weighted by atomic mass is 16.3. The predicted molar refractivity (Wildman–Crippen MR) is 288 cm³/mol. The first-order chi connectivity index (χ1) is 33.7. The fraction of sp³-hybridized carbons (Fsp3) is 0.121. The lowest BCUT2D eigenvalue weighted by Crippen LogP contribution is -2.30. The largest absolute Gasteiger partial charge is 0.456 e. The number of furan rings is 1. The van der Waals surface area contributed by atoms with Crippen LogP contribution in [0.15, 0.2) is 229 Å². The third kappa shape index (κ3) is 5.80. The van der Waals surface area contributed by atoms with Crippen molar-refractivity contribution >= 4 is 55.1 Å². The highest BCUT2D eigenvalue weighted by Gasteiger charge is 2.48. The Labute approximate surface area is 402 Å². The van der Waals surface area contributed by atoms with Crippen LogP contribution in [0, 0.1) is 5.92 Å². The molecule has 14 rings (SSSR count). The number of rotatable bonds is 6. The minimum atomic E-state index is -0.0899. The van der Waals surface area contributed by atoms with Gasteiger partial charge in [0.05, 0.1) is 11.0 Å². The van der Waals surface area contributed by atoms with Gasteiger partial charge >= 0.3 is 0 Å². The summed E-state index contributed by atoms with van der Waals surface area (Å²) in [5.74, 6) is 0.531. The minimum absolute atomic E-state index is 0.00928. The summed E-state index contributed by atoms with van der Waals surface area (Å²) in [5.41, 5.74) is 21.9. The lowest BCUT2D eigenvalue weighted by molar-refractivity contribution is 0.385. The van der Waals surface area contributed by atoms with Crippen LogP contribution in [-0.4, -0.2) is 4.57 Å². The summed E-state index contributed by atoms with van der Waals surface area (Å²) in [6.45, 7) is 9.57. The molecule has 3 nitrogen and oxygen atoms in total. The maximum Gasteiger partial charge on any atom is 0.136 e. The lowest BCUT2D eigenvalue weighted by atomic mass is 9.73. The Morgan fingerprint density at radius 1 is 0.478 bits per heavy atom. The maximum absolute atomic E-state index is 6.31. The van der Waals surface area contributed by atoms with Gasteiger partial charge in [-0.25, -0.2) is 0 Å². The molecule has 0 aliphatic heterocycles. The highest BCUT2D eigenvalue weighted by Crippen LogP contribution is 2.57. The molecule has 0 N–H and O–H groups in total. The fourth-order valence-corrected chi connectivity index (χ4v) is 12.7. The highest BCUT2D eigenvalue weighted by molar-refractivity contribution is 6.14. The third-order valence-electron chi connectivity index (χ3n) is 16.1. The van der Waals surface area contributed by atoms with E-state index in [0.29, 0.717) is 5.92 Å². The van der Waals surface area contributed by atoms with Gasteiger partial charge in [0.1, 0.15) is 11.2 Å². The second kappa shape index (κ2) is 14.7. The van der Waals surface area contributed by atoms with E-state index in [1.807, 2.05) is 6.07 Å². The van der Waals surface area contributed by atoms with Crippen LogP contribution in [0.1, 0.15) is 55.9 Å². The molecule has 0 fully saturated rings. The Bertz CT molecular complexity index is 3950. The molecule has 11 aromatic rings. The van der Waals surface area contributed by atoms with Crippen LogP contribution >= 0.6 is 0 Å². The van der Waals surface area contributed by atoms with Gasteiger partial charge in [-0.3, -0.25) is 0 Å². The second-order valence-corrected chi connectivity index (χ2v) is 20.5. The molecule has 0 radical (unpaired) electrons. The summed E-state index contributed by atoms with van der Waals surface area (Å²) >= 11 is 0. The molecule has 2 heterocycles. The number of aromatic nitrogens is 1. The number of benzene rings is 9. The molecule has 69 heavy (non-hydrogen) atoms. The summed E-state index contributed by atoms with van der Waals surface area (Å²) in [6, 6.07) is 74.1. The summed E-state index contributed by atoms with van der Waals surface area (Å²) in [7, 11) is 0. The third-order valence-corrected chi connectivity index (χ3v) is 16.1. The zero-order valence-corrected chi connectivity index (χ0v) is 39.2. The van der Waals surface area contributed by atoms with Crippen LogP contribution in [0.3, 0.4) is 0 Å². The van der Waals surface area contributed by atoms with Gasteiger partial charge in [-0.1, -0.05) is 167 Å². The van der Waals surface area contributed by atoms with Crippen LogP contribution in [0.25, 0.3) is 82.8 Å². The first-order valence-electron chi connectivity index (χ1n) is 24.4. The molecule has 9 aromatic carbocycles. The summed E-state index contributed by atoms with van der Waals surface area (Å²) in [4.78, 5) is 2.51. The van der Waals surface area contributed by atoms with Crippen molar-refractivity contribution in [3.63, 3.8) is 0 Å². The quantitative estimate of drug-likeness (QED) is 0.166. The summed E-state index contributed by atoms with van der Waals surface area (Å²) in [6.07, 6.45) is 7.08. The van der Waals surface area contributed by atoms with Gasteiger partial charge < -0.3 is 13.9 Å². The van der Waals surface area contributed by atoms with E-state index in [1.165, 1.54) is 83.3 Å². The van der Waals surface area contributed by atoms with Crippen molar-refractivity contribution < 1.29 is 4.42 Å². The molecule has 0 amide bonds. The molecule has 3 aliphatic carbocycles. The topological polar surface area (TPSA) is 21.3 Å². The molecule has 3 heteroatoms. The average molecular weight is 887 g/mol. The molecule has 0 saturated heterocycles. The van der Waals surface area contributed by atoms with E-state index >= 15 is 0 Å². The van der Waals surface area contributed by atoms with Crippen molar-refractivity contribution in [2.24, 2.45) is 5.92 Å². The molecule has 0 spiro atoms. The Morgan fingerprint density at radius 2 is 1.13 bits per heavy atom. The van der Waals surface area contributed by atoms with Gasteiger partial charge in [0.25, 0.3) is 0 Å². The van der Waals surface area contributed by atoms with Crippen LogP contribution in [0.2, 0.25) is 0 Å². The molecular formula is C66H50N2O. The normalized spacial score (nSPS) is 17.2. The van der Waals surface area contributed by atoms with Gasteiger partial charge in [0.15, 0.2) is 0 Å². The molecule has 2 aromatic heterocycles. The Hall–Kier alpha value is -8.14. The van der Waals surface area contributed by atoms with E-state index < -0.39 is 0 Å². The number of fused-ring (bicyclic) bond motifs is 12. The SMILES string of the molecule is CC1(C)c2ccccc2-c2cc3c4cc(-c5ccc(N(C6=CC=CC7C6c6ccccc6C7(C)C)c6ccc(-c7cccc8oc9ccccc9c78)cc6)cc5)ccc4n(-c4ccccc4)c3cc21. The smallest absolute Gasteiger partial charge is 0.136 e. The van der Waals surface area contributed by atoms with Crippen molar-refractivity contribution in [3.8, 4) is 39.1 Å². The van der Waals surface area contributed by atoms with Gasteiger partial charge in [0.2, 0.25) is 0 Å². The average Bonchev–Trinajstić information content (AvgIpc) is 4.07. The lowest BCUT2D eigenvalue weighted by Gasteiger charge is -2.38. The Kier molecular flexibility index (Phi) is 8.50. The van der Waals surface area contributed by atoms with Crippen LogP contribution in [-0.2, 0) is 10.8 Å². The van der Waals surface area contributed by atoms with Crippen LogP contribution in [0.4, 0.5) is 11.4 Å². The van der Waals surface area contributed by atoms with E-state index in [4.69, 9.17) is 4.42 Å². The van der Waals surface area contributed by atoms with Crippen LogP contribution < -0.4 is 4.90 Å². The van der Waals surface area contributed by atoms with E-state index in [9.17, 15) is 0 Å². The van der Waals surface area contributed by atoms with Crippen molar-refractivity contribution in [1.29, 1.82) is 0 Å². The number of allylic oxidation sites excluding steroid dienone is 4. The summed E-state index contributed by atoms with van der Waals surface area (Å²) < 4.78 is 8.77. The monoisotopic (exact) mass is 886 g/mol. The molecule has 0 bridgehead atoms. The van der Waals surface area contributed by atoms with Crippen molar-refractivity contribution in [3.05, 3.63) is 246 Å². The van der Waals surface area contributed by atoms with E-state index in [-0.39, 0.29) is 16.7 Å². The van der Waals surface area contributed by atoms with Gasteiger partial charge in [-0.05, 0) is 146 Å². The summed E-state index contributed by atoms with van der Waals surface area (Å²) in [5, 5.41) is 4.83. The zero-order chi connectivity index (χ0) is 46.2. The first-order valence-corrected chi connectivity index (χ1v) is 24.4. The Morgan fingerprint density at radius 3 is 1.94 bits per heavy atom. The molecule has 0 saturated carbocycles. The molecular weight excluding hydrogens is 837 g/mol. The number of anilines is 2. The van der Waals surface area contributed by atoms with Gasteiger partial charge in [-0.15, -0.1) is 0 Å². The molecule has 3 aliphatic rings. The van der Waals surface area contributed by atoms with Crippen molar-refractivity contribution in [1.82, 2.24) is 4.57 Å². The number of hydrogen-bond acceptors (Lipinski definition) is 2.